The number of benzene rings is 1. The van der Waals surface area contributed by atoms with Crippen molar-refractivity contribution in [2.45, 2.75) is 44.2 Å². The number of nitro groups is 1. The molecule has 0 saturated heterocycles. The molecule has 2 aliphatic rings. The molecule has 2 N–H and O–H groups in total. The fraction of sp³-hybridized carbons (Fsp3) is 0.412. The molecular weight excluding hydrogens is 306 g/mol. The second-order valence-electron chi connectivity index (χ2n) is 6.39. The van der Waals surface area contributed by atoms with Gasteiger partial charge in [-0.25, -0.2) is 4.98 Å². The molecule has 2 aromatic rings. The van der Waals surface area contributed by atoms with Crippen molar-refractivity contribution in [3.8, 4) is 0 Å². The van der Waals surface area contributed by atoms with Crippen molar-refractivity contribution in [1.82, 2.24) is 9.97 Å². The molecule has 2 aliphatic carbocycles. The summed E-state index contributed by atoms with van der Waals surface area (Å²) in [6.07, 6.45) is 6.54. The van der Waals surface area contributed by atoms with Gasteiger partial charge in [0.05, 0.1) is 11.0 Å². The summed E-state index contributed by atoms with van der Waals surface area (Å²) in [5.74, 6) is 0.745. The number of aryl methyl sites for hydroxylation is 1. The first-order valence-electron chi connectivity index (χ1n) is 8.33. The van der Waals surface area contributed by atoms with Gasteiger partial charge in [-0.1, -0.05) is 24.3 Å². The van der Waals surface area contributed by atoms with Crippen LogP contribution in [0.4, 0.5) is 17.5 Å². The van der Waals surface area contributed by atoms with Crippen molar-refractivity contribution in [1.29, 1.82) is 0 Å². The van der Waals surface area contributed by atoms with Gasteiger partial charge in [-0.2, -0.15) is 4.98 Å². The van der Waals surface area contributed by atoms with Crippen molar-refractivity contribution in [3.63, 3.8) is 0 Å². The summed E-state index contributed by atoms with van der Waals surface area (Å²) in [4.78, 5) is 19.2. The smallest absolute Gasteiger partial charge is 0.329 e. The predicted octanol–water partition coefficient (Wildman–Crippen LogP) is 3.45. The molecule has 0 amide bonds. The lowest BCUT2D eigenvalue weighted by atomic mass is 9.88. The standard InChI is InChI=1S/C17H19N5O2/c23-22(24)15-10-18-17(21-16(15)19-12-8-9-12)20-14-7-3-5-11-4-1-2-6-13(11)14/h1-2,4,6,10,12,14H,3,5,7-9H2,(H2,18,19,20,21). The highest BCUT2D eigenvalue weighted by molar-refractivity contribution is 5.58. The Balaban J connectivity index is 1.60. The van der Waals surface area contributed by atoms with E-state index in [0.29, 0.717) is 17.8 Å². The number of hydrogen-bond donors (Lipinski definition) is 2. The van der Waals surface area contributed by atoms with Crippen molar-refractivity contribution in [2.24, 2.45) is 0 Å². The lowest BCUT2D eigenvalue weighted by molar-refractivity contribution is -0.384. The van der Waals surface area contributed by atoms with Crippen molar-refractivity contribution >= 4 is 17.5 Å². The summed E-state index contributed by atoms with van der Waals surface area (Å²) >= 11 is 0. The van der Waals surface area contributed by atoms with Gasteiger partial charge in [0.25, 0.3) is 0 Å². The first kappa shape index (κ1) is 14.9. The van der Waals surface area contributed by atoms with Crippen molar-refractivity contribution in [3.05, 3.63) is 51.7 Å². The molecule has 0 aliphatic heterocycles. The Morgan fingerprint density at radius 2 is 2.00 bits per heavy atom. The van der Waals surface area contributed by atoms with Crippen LogP contribution in [0.5, 0.6) is 0 Å². The Morgan fingerprint density at radius 3 is 2.79 bits per heavy atom. The van der Waals surface area contributed by atoms with E-state index >= 15 is 0 Å². The molecule has 1 heterocycles. The third kappa shape index (κ3) is 3.02. The number of nitrogens with one attached hydrogen (secondary N) is 2. The average Bonchev–Trinajstić information content (AvgIpc) is 3.39. The highest BCUT2D eigenvalue weighted by atomic mass is 16.6. The summed E-state index contributed by atoms with van der Waals surface area (Å²) in [5, 5.41) is 17.6. The maximum Gasteiger partial charge on any atom is 0.329 e. The van der Waals surface area contributed by atoms with Crippen LogP contribution in [0, 0.1) is 10.1 Å². The maximum atomic E-state index is 11.2. The lowest BCUT2D eigenvalue weighted by Gasteiger charge is -2.26. The molecule has 1 unspecified atom stereocenters. The monoisotopic (exact) mass is 325 g/mol. The molecule has 1 fully saturated rings. The summed E-state index contributed by atoms with van der Waals surface area (Å²) < 4.78 is 0. The van der Waals surface area contributed by atoms with E-state index in [-0.39, 0.29) is 11.7 Å². The molecule has 0 bridgehead atoms. The molecule has 1 saturated carbocycles. The quantitative estimate of drug-likeness (QED) is 0.646. The molecular formula is C17H19N5O2. The van der Waals surface area contributed by atoms with Crippen molar-refractivity contribution in [2.75, 3.05) is 10.6 Å². The largest absolute Gasteiger partial charge is 0.361 e. The Kier molecular flexibility index (Phi) is 3.76. The van der Waals surface area contributed by atoms with Crippen LogP contribution in [0.25, 0.3) is 0 Å². The Labute approximate surface area is 139 Å². The van der Waals surface area contributed by atoms with Crippen molar-refractivity contribution < 1.29 is 4.92 Å². The number of rotatable bonds is 5. The van der Waals surface area contributed by atoms with Gasteiger partial charge < -0.3 is 10.6 Å². The van der Waals surface area contributed by atoms with Gasteiger partial charge in [0.1, 0.15) is 6.20 Å². The predicted molar refractivity (Wildman–Crippen MR) is 91.1 cm³/mol. The van der Waals surface area contributed by atoms with Gasteiger partial charge in [0.15, 0.2) is 0 Å². The Bertz CT molecular complexity index is 775. The number of nitrogens with zero attached hydrogens (tertiary/aromatic N) is 3. The zero-order valence-electron chi connectivity index (χ0n) is 13.2. The topological polar surface area (TPSA) is 93.0 Å². The van der Waals surface area contributed by atoms with Crippen LogP contribution >= 0.6 is 0 Å². The van der Waals surface area contributed by atoms with Gasteiger partial charge in [0.2, 0.25) is 11.8 Å². The van der Waals surface area contributed by atoms with Crippen LogP contribution in [0.2, 0.25) is 0 Å². The normalized spacial score (nSPS) is 19.4. The van der Waals surface area contributed by atoms with Gasteiger partial charge in [0, 0.05) is 6.04 Å². The zero-order chi connectivity index (χ0) is 16.5. The second-order valence-corrected chi connectivity index (χ2v) is 6.39. The van der Waals surface area contributed by atoms with Crippen LogP contribution < -0.4 is 10.6 Å². The van der Waals surface area contributed by atoms with Crippen LogP contribution in [0.15, 0.2) is 30.5 Å². The maximum absolute atomic E-state index is 11.2. The molecule has 0 radical (unpaired) electrons. The number of hydrogen-bond acceptors (Lipinski definition) is 6. The minimum Gasteiger partial charge on any atom is -0.361 e. The summed E-state index contributed by atoms with van der Waals surface area (Å²) in [6.45, 7) is 0. The van der Waals surface area contributed by atoms with E-state index in [1.54, 1.807) is 0 Å². The number of anilines is 2. The SMILES string of the molecule is O=[N+]([O-])c1cnc(NC2CCCc3ccccc32)nc1NC1CC1. The van der Waals surface area contributed by atoms with E-state index in [1.165, 1.54) is 17.3 Å². The van der Waals surface area contributed by atoms with E-state index in [1.807, 2.05) is 6.07 Å². The average molecular weight is 325 g/mol. The minimum absolute atomic E-state index is 0.0727. The molecule has 1 aromatic carbocycles. The Morgan fingerprint density at radius 1 is 1.17 bits per heavy atom. The number of aromatic nitrogens is 2. The highest BCUT2D eigenvalue weighted by Crippen LogP contribution is 2.33. The van der Waals surface area contributed by atoms with Gasteiger partial charge in [-0.05, 0) is 43.2 Å². The molecule has 7 nitrogen and oxygen atoms in total. The van der Waals surface area contributed by atoms with Gasteiger partial charge >= 0.3 is 5.69 Å². The lowest BCUT2D eigenvalue weighted by Crippen LogP contribution is -2.19. The number of fused-ring (bicyclic) bond motifs is 1. The van der Waals surface area contributed by atoms with Crippen LogP contribution in [-0.4, -0.2) is 20.9 Å². The minimum atomic E-state index is -0.440. The van der Waals surface area contributed by atoms with E-state index in [0.717, 1.165) is 32.1 Å². The van der Waals surface area contributed by atoms with E-state index in [2.05, 4.69) is 38.8 Å². The van der Waals surface area contributed by atoms with Gasteiger partial charge in [-0.3, -0.25) is 10.1 Å². The Hall–Kier alpha value is -2.70. The molecule has 4 rings (SSSR count). The molecule has 1 aromatic heterocycles. The third-order valence-electron chi connectivity index (χ3n) is 4.56. The fourth-order valence-corrected chi connectivity index (χ4v) is 3.17. The van der Waals surface area contributed by atoms with Crippen LogP contribution in [0.1, 0.15) is 42.9 Å². The molecule has 0 spiro atoms. The summed E-state index contributed by atoms with van der Waals surface area (Å²) in [7, 11) is 0. The molecule has 24 heavy (non-hydrogen) atoms. The molecule has 124 valence electrons. The summed E-state index contributed by atoms with van der Waals surface area (Å²) in [6, 6.07) is 8.81. The van der Waals surface area contributed by atoms with Crippen LogP contribution in [0.3, 0.4) is 0 Å². The highest BCUT2D eigenvalue weighted by Gasteiger charge is 2.27. The molecule has 7 heteroatoms. The first-order valence-corrected chi connectivity index (χ1v) is 8.33. The fourth-order valence-electron chi connectivity index (χ4n) is 3.17. The van der Waals surface area contributed by atoms with E-state index in [9.17, 15) is 10.1 Å². The summed E-state index contributed by atoms with van der Waals surface area (Å²) in [5.41, 5.74) is 2.54. The van der Waals surface area contributed by atoms with E-state index in [4.69, 9.17) is 0 Å². The van der Waals surface area contributed by atoms with Crippen LogP contribution in [-0.2, 0) is 6.42 Å². The first-order chi connectivity index (χ1) is 11.7. The zero-order valence-corrected chi connectivity index (χ0v) is 13.2. The van der Waals surface area contributed by atoms with E-state index < -0.39 is 4.92 Å². The van der Waals surface area contributed by atoms with Gasteiger partial charge in [-0.15, -0.1) is 0 Å². The third-order valence-corrected chi connectivity index (χ3v) is 4.56. The second kappa shape index (κ2) is 6.07. The molecule has 1 atom stereocenters.